The summed E-state index contributed by atoms with van der Waals surface area (Å²) < 4.78 is 0. The predicted molar refractivity (Wildman–Crippen MR) is 59.2 cm³/mol. The van der Waals surface area contributed by atoms with Crippen LogP contribution in [0.3, 0.4) is 0 Å². The Labute approximate surface area is 98.7 Å². The van der Waals surface area contributed by atoms with Crippen LogP contribution in [0.4, 0.5) is 4.79 Å². The fraction of sp³-hybridized carbons (Fsp3) is 0.700. The van der Waals surface area contributed by atoms with Crippen LogP contribution in [0.15, 0.2) is 0 Å². The van der Waals surface area contributed by atoms with Gasteiger partial charge in [0.2, 0.25) is 5.91 Å². The van der Waals surface area contributed by atoms with Crippen molar-refractivity contribution in [3.63, 3.8) is 0 Å². The average molecular weight is 243 g/mol. The van der Waals surface area contributed by atoms with Crippen molar-refractivity contribution in [3.8, 4) is 0 Å². The van der Waals surface area contributed by atoms with E-state index >= 15 is 0 Å². The summed E-state index contributed by atoms with van der Waals surface area (Å²) in [5.41, 5.74) is 4.90. The number of aliphatic carboxylic acids is 1. The Morgan fingerprint density at radius 3 is 2.35 bits per heavy atom. The molecule has 0 bridgehead atoms. The highest BCUT2D eigenvalue weighted by Gasteiger charge is 2.24. The monoisotopic (exact) mass is 243 g/mol. The van der Waals surface area contributed by atoms with Gasteiger partial charge in [-0.3, -0.25) is 4.79 Å². The zero-order valence-electron chi connectivity index (χ0n) is 9.44. The molecule has 0 spiro atoms. The van der Waals surface area contributed by atoms with Gasteiger partial charge >= 0.3 is 12.0 Å². The lowest BCUT2D eigenvalue weighted by atomic mass is 10.2. The van der Waals surface area contributed by atoms with Gasteiger partial charge in [0.25, 0.3) is 0 Å². The molecule has 1 saturated carbocycles. The first-order valence-electron chi connectivity index (χ1n) is 5.57. The molecule has 0 saturated heterocycles. The molecule has 1 fully saturated rings. The Hall–Kier alpha value is -1.79. The van der Waals surface area contributed by atoms with Gasteiger partial charge in [-0.2, -0.15) is 0 Å². The van der Waals surface area contributed by atoms with Crippen LogP contribution >= 0.6 is 0 Å². The topological polar surface area (TPSA) is 122 Å². The first-order valence-corrected chi connectivity index (χ1v) is 5.57. The van der Waals surface area contributed by atoms with Crippen molar-refractivity contribution in [2.45, 2.75) is 44.2 Å². The number of carboxylic acid groups (broad SMARTS) is 1. The fourth-order valence-corrected chi connectivity index (χ4v) is 1.86. The second kappa shape index (κ2) is 6.07. The number of amides is 3. The van der Waals surface area contributed by atoms with E-state index in [4.69, 9.17) is 10.8 Å². The van der Waals surface area contributed by atoms with E-state index in [-0.39, 0.29) is 6.04 Å². The summed E-state index contributed by atoms with van der Waals surface area (Å²) in [4.78, 5) is 32.8. The maximum absolute atomic E-state index is 11.5. The molecule has 1 unspecified atom stereocenters. The molecule has 1 aliphatic carbocycles. The van der Waals surface area contributed by atoms with Crippen LogP contribution in [-0.2, 0) is 9.59 Å². The van der Waals surface area contributed by atoms with Crippen molar-refractivity contribution < 1.29 is 19.5 Å². The maximum Gasteiger partial charge on any atom is 0.326 e. The smallest absolute Gasteiger partial charge is 0.326 e. The molecule has 5 N–H and O–H groups in total. The molecule has 17 heavy (non-hydrogen) atoms. The van der Waals surface area contributed by atoms with Gasteiger partial charge in [0.05, 0.1) is 6.42 Å². The second-order valence-electron chi connectivity index (χ2n) is 4.16. The van der Waals surface area contributed by atoms with Crippen molar-refractivity contribution in [2.75, 3.05) is 0 Å². The molecule has 0 radical (unpaired) electrons. The van der Waals surface area contributed by atoms with E-state index in [9.17, 15) is 14.4 Å². The highest BCUT2D eigenvalue weighted by Crippen LogP contribution is 2.17. The molecule has 7 heteroatoms. The van der Waals surface area contributed by atoms with Crippen molar-refractivity contribution >= 4 is 17.9 Å². The largest absolute Gasteiger partial charge is 0.480 e. The summed E-state index contributed by atoms with van der Waals surface area (Å²) in [5.74, 6) is -2.04. The summed E-state index contributed by atoms with van der Waals surface area (Å²) in [6, 6.07) is -1.74. The summed E-state index contributed by atoms with van der Waals surface area (Å²) in [7, 11) is 0. The van der Waals surface area contributed by atoms with Crippen molar-refractivity contribution in [1.82, 2.24) is 10.6 Å². The van der Waals surface area contributed by atoms with E-state index in [0.29, 0.717) is 0 Å². The summed E-state index contributed by atoms with van der Waals surface area (Å²) in [5, 5.41) is 13.7. The Kier molecular flexibility index (Phi) is 4.74. The SMILES string of the molecule is NC(=O)CC(NC(=O)NC1CCCC1)C(=O)O. The van der Waals surface area contributed by atoms with Crippen LogP contribution in [0.5, 0.6) is 0 Å². The van der Waals surface area contributed by atoms with Gasteiger partial charge in [0.15, 0.2) is 0 Å². The Morgan fingerprint density at radius 2 is 1.88 bits per heavy atom. The molecule has 3 amide bonds. The number of nitrogens with two attached hydrogens (primary N) is 1. The molecule has 0 aromatic heterocycles. The van der Waals surface area contributed by atoms with Crippen LogP contribution < -0.4 is 16.4 Å². The molecule has 96 valence electrons. The lowest BCUT2D eigenvalue weighted by Crippen LogP contribution is -2.49. The standard InChI is InChI=1S/C10H17N3O4/c11-8(14)5-7(9(15)16)13-10(17)12-6-3-1-2-4-6/h6-7H,1-5H2,(H2,11,14)(H,15,16)(H2,12,13,17). The highest BCUT2D eigenvalue weighted by molar-refractivity contribution is 5.87. The number of nitrogens with one attached hydrogen (secondary N) is 2. The molecule has 0 heterocycles. The van der Waals surface area contributed by atoms with Gasteiger partial charge in [-0.25, -0.2) is 9.59 Å². The molecule has 1 aliphatic rings. The maximum atomic E-state index is 11.5. The minimum atomic E-state index is -1.27. The molecular formula is C10H17N3O4. The van der Waals surface area contributed by atoms with Gasteiger partial charge in [0.1, 0.15) is 6.04 Å². The Morgan fingerprint density at radius 1 is 1.29 bits per heavy atom. The molecule has 7 nitrogen and oxygen atoms in total. The minimum Gasteiger partial charge on any atom is -0.480 e. The third-order valence-corrected chi connectivity index (χ3v) is 2.70. The molecule has 0 aromatic rings. The number of hydrogen-bond donors (Lipinski definition) is 4. The molecule has 1 rings (SSSR count). The second-order valence-corrected chi connectivity index (χ2v) is 4.16. The first-order chi connectivity index (χ1) is 7.99. The van der Waals surface area contributed by atoms with Crippen LogP contribution in [0.1, 0.15) is 32.1 Å². The van der Waals surface area contributed by atoms with E-state index in [0.717, 1.165) is 25.7 Å². The molecule has 1 atom stereocenters. The first kappa shape index (κ1) is 13.3. The van der Waals surface area contributed by atoms with Crippen molar-refractivity contribution in [2.24, 2.45) is 5.73 Å². The van der Waals surface area contributed by atoms with Crippen molar-refractivity contribution in [3.05, 3.63) is 0 Å². The normalized spacial score (nSPS) is 17.4. The third-order valence-electron chi connectivity index (χ3n) is 2.70. The van der Waals surface area contributed by atoms with Gasteiger partial charge in [-0.1, -0.05) is 12.8 Å². The molecule has 0 aliphatic heterocycles. The lowest BCUT2D eigenvalue weighted by Gasteiger charge is -2.16. The van der Waals surface area contributed by atoms with E-state index < -0.39 is 30.4 Å². The quantitative estimate of drug-likeness (QED) is 0.522. The fourth-order valence-electron chi connectivity index (χ4n) is 1.86. The van der Waals surface area contributed by atoms with Gasteiger partial charge in [-0.15, -0.1) is 0 Å². The number of hydrogen-bond acceptors (Lipinski definition) is 3. The summed E-state index contributed by atoms with van der Waals surface area (Å²) >= 11 is 0. The minimum absolute atomic E-state index is 0.0954. The van der Waals surface area contributed by atoms with Crippen LogP contribution in [0.25, 0.3) is 0 Å². The number of carbonyl (C=O) groups is 3. The van der Waals surface area contributed by atoms with E-state index in [1.807, 2.05) is 0 Å². The van der Waals surface area contributed by atoms with Crippen LogP contribution in [-0.4, -0.2) is 35.1 Å². The zero-order chi connectivity index (χ0) is 12.8. The van der Waals surface area contributed by atoms with Gasteiger partial charge in [-0.05, 0) is 12.8 Å². The number of primary amides is 1. The van der Waals surface area contributed by atoms with E-state index in [1.165, 1.54) is 0 Å². The summed E-state index contributed by atoms with van der Waals surface area (Å²) in [6.07, 6.45) is 3.53. The lowest BCUT2D eigenvalue weighted by molar-refractivity contribution is -0.140. The Balaban J connectivity index is 2.40. The van der Waals surface area contributed by atoms with Crippen LogP contribution in [0.2, 0.25) is 0 Å². The number of rotatable bonds is 5. The number of urea groups is 1. The van der Waals surface area contributed by atoms with Gasteiger partial charge < -0.3 is 21.5 Å². The predicted octanol–water partition coefficient (Wildman–Crippen LogP) is -0.443. The number of carboxylic acids is 1. The molecular weight excluding hydrogens is 226 g/mol. The zero-order valence-corrected chi connectivity index (χ0v) is 9.44. The Bertz CT molecular complexity index is 313. The number of carbonyl (C=O) groups excluding carboxylic acids is 2. The van der Waals surface area contributed by atoms with E-state index in [1.54, 1.807) is 0 Å². The molecule has 0 aromatic carbocycles. The van der Waals surface area contributed by atoms with E-state index in [2.05, 4.69) is 10.6 Å². The van der Waals surface area contributed by atoms with Gasteiger partial charge in [0, 0.05) is 6.04 Å². The third kappa shape index (κ3) is 4.71. The van der Waals surface area contributed by atoms with Crippen molar-refractivity contribution in [1.29, 1.82) is 0 Å². The average Bonchev–Trinajstić information content (AvgIpc) is 2.68. The summed E-state index contributed by atoms with van der Waals surface area (Å²) in [6.45, 7) is 0. The van der Waals surface area contributed by atoms with Crippen LogP contribution in [0, 0.1) is 0 Å². The highest BCUT2D eigenvalue weighted by atomic mass is 16.4.